The van der Waals surface area contributed by atoms with Gasteiger partial charge in [0, 0.05) is 12.1 Å². The summed E-state index contributed by atoms with van der Waals surface area (Å²) in [6, 6.07) is 13.2. The Balaban J connectivity index is 1.84. The Bertz CT molecular complexity index is 1020. The number of hydrogen-bond donors (Lipinski definition) is 0. The number of hydrogen-bond acceptors (Lipinski definition) is 4. The number of aromatic nitrogens is 1. The number of thiazole rings is 1. The van der Waals surface area contributed by atoms with Gasteiger partial charge < -0.3 is 14.0 Å². The Morgan fingerprint density at radius 1 is 1.03 bits per heavy atom. The van der Waals surface area contributed by atoms with Crippen LogP contribution >= 0.6 is 11.3 Å². The van der Waals surface area contributed by atoms with Gasteiger partial charge >= 0.3 is 0 Å². The van der Waals surface area contributed by atoms with Crippen LogP contribution in [0.4, 0.5) is 0 Å². The fourth-order valence-corrected chi connectivity index (χ4v) is 4.18. The van der Waals surface area contributed by atoms with Crippen LogP contribution in [0, 0.1) is 0 Å². The van der Waals surface area contributed by atoms with Crippen LogP contribution in [0.5, 0.6) is 11.5 Å². The number of methoxy groups -OCH3 is 1. The van der Waals surface area contributed by atoms with Gasteiger partial charge in [0.25, 0.3) is 5.91 Å². The molecule has 0 N–H and O–H groups in total. The van der Waals surface area contributed by atoms with Crippen molar-refractivity contribution in [3.05, 3.63) is 52.8 Å². The Morgan fingerprint density at radius 3 is 2.48 bits per heavy atom. The summed E-state index contributed by atoms with van der Waals surface area (Å²) in [6.45, 7) is 5.79. The monoisotopic (exact) mass is 412 g/mol. The quantitative estimate of drug-likeness (QED) is 0.440. The van der Waals surface area contributed by atoms with E-state index in [9.17, 15) is 4.79 Å². The summed E-state index contributed by atoms with van der Waals surface area (Å²) >= 11 is 1.51. The minimum atomic E-state index is -0.245. The van der Waals surface area contributed by atoms with Crippen molar-refractivity contribution in [3.63, 3.8) is 0 Å². The maximum Gasteiger partial charge on any atom is 0.279 e. The molecule has 0 aliphatic heterocycles. The number of carbonyl (C=O) groups is 1. The average molecular weight is 413 g/mol. The van der Waals surface area contributed by atoms with E-state index in [0.717, 1.165) is 47.5 Å². The normalized spacial score (nSPS) is 11.8. The highest BCUT2D eigenvalue weighted by Gasteiger charge is 2.10. The predicted octanol–water partition coefficient (Wildman–Crippen LogP) is 5.43. The van der Waals surface area contributed by atoms with E-state index in [1.165, 1.54) is 17.8 Å². The smallest absolute Gasteiger partial charge is 0.279 e. The van der Waals surface area contributed by atoms with Gasteiger partial charge in [-0.2, -0.15) is 4.99 Å². The van der Waals surface area contributed by atoms with Crippen molar-refractivity contribution in [2.45, 2.75) is 46.1 Å². The van der Waals surface area contributed by atoms with Crippen molar-refractivity contribution >= 4 is 27.5 Å². The number of ether oxygens (including phenoxy) is 2. The summed E-state index contributed by atoms with van der Waals surface area (Å²) in [7, 11) is 1.65. The zero-order valence-electron chi connectivity index (χ0n) is 17.3. The van der Waals surface area contributed by atoms with Crippen molar-refractivity contribution in [2.75, 3.05) is 13.7 Å². The summed E-state index contributed by atoms with van der Waals surface area (Å²) in [5.74, 6) is 1.34. The summed E-state index contributed by atoms with van der Waals surface area (Å²) in [4.78, 5) is 17.9. The van der Waals surface area contributed by atoms with Crippen LogP contribution in [0.25, 0.3) is 10.2 Å². The lowest BCUT2D eigenvalue weighted by atomic mass is 10.2. The zero-order chi connectivity index (χ0) is 20.6. The molecule has 1 aromatic heterocycles. The van der Waals surface area contributed by atoms with Crippen LogP contribution in [0.2, 0.25) is 0 Å². The number of carbonyl (C=O) groups excluding carboxylic acids is 1. The van der Waals surface area contributed by atoms with E-state index in [1.807, 2.05) is 30.3 Å². The van der Waals surface area contributed by atoms with Gasteiger partial charge in [-0.3, -0.25) is 4.79 Å². The first-order chi connectivity index (χ1) is 14.2. The lowest BCUT2D eigenvalue weighted by molar-refractivity contribution is 0.0997. The molecular formula is C23H28N2O3S. The van der Waals surface area contributed by atoms with Crippen LogP contribution in [0.3, 0.4) is 0 Å². The molecule has 0 radical (unpaired) electrons. The Kier molecular flexibility index (Phi) is 7.47. The van der Waals surface area contributed by atoms with Gasteiger partial charge in [-0.15, -0.1) is 0 Å². The van der Waals surface area contributed by atoms with Crippen molar-refractivity contribution in [2.24, 2.45) is 4.99 Å². The second-order valence-electron chi connectivity index (χ2n) is 6.87. The van der Waals surface area contributed by atoms with E-state index in [2.05, 4.69) is 23.4 Å². The Morgan fingerprint density at radius 2 is 1.79 bits per heavy atom. The van der Waals surface area contributed by atoms with Crippen molar-refractivity contribution < 1.29 is 14.3 Å². The highest BCUT2D eigenvalue weighted by Crippen LogP contribution is 2.23. The van der Waals surface area contributed by atoms with Crippen molar-refractivity contribution in [1.82, 2.24) is 4.57 Å². The molecule has 0 aliphatic carbocycles. The molecular weight excluding hydrogens is 384 g/mol. The number of aryl methyl sites for hydroxylation is 1. The fraction of sp³-hybridized carbons (Fsp3) is 0.391. The number of amides is 1. The van der Waals surface area contributed by atoms with E-state index in [-0.39, 0.29) is 5.91 Å². The summed E-state index contributed by atoms with van der Waals surface area (Å²) in [6.07, 6.45) is 4.33. The highest BCUT2D eigenvalue weighted by molar-refractivity contribution is 7.16. The molecule has 5 nitrogen and oxygen atoms in total. The highest BCUT2D eigenvalue weighted by atomic mass is 32.1. The summed E-state index contributed by atoms with van der Waals surface area (Å²) in [5, 5.41) is 0. The molecule has 6 heteroatoms. The van der Waals surface area contributed by atoms with Crippen LogP contribution in [0.1, 0.15) is 49.9 Å². The zero-order valence-corrected chi connectivity index (χ0v) is 18.1. The van der Waals surface area contributed by atoms with Crippen LogP contribution in [0.15, 0.2) is 47.5 Å². The molecule has 0 saturated heterocycles. The molecule has 0 atom stereocenters. The largest absolute Gasteiger partial charge is 0.497 e. The maximum atomic E-state index is 12.7. The van der Waals surface area contributed by atoms with Gasteiger partial charge in [0.15, 0.2) is 4.80 Å². The molecule has 0 aliphatic rings. The third-order valence-electron chi connectivity index (χ3n) is 4.65. The molecule has 0 saturated carbocycles. The van der Waals surface area contributed by atoms with Gasteiger partial charge in [0.2, 0.25) is 0 Å². The standard InChI is InChI=1S/C23H28N2O3S/c1-4-6-7-15-28-18-10-8-17(9-11-18)22(26)24-23-25(14-5-2)20-13-12-19(27-3)16-21(20)29-23/h8-13,16H,4-7,14-15H2,1-3H3. The third kappa shape index (κ3) is 5.26. The van der Waals surface area contributed by atoms with Gasteiger partial charge in [-0.1, -0.05) is 38.0 Å². The first-order valence-corrected chi connectivity index (χ1v) is 11.0. The minimum absolute atomic E-state index is 0.245. The Labute approximate surface area is 175 Å². The van der Waals surface area contributed by atoms with E-state index < -0.39 is 0 Å². The average Bonchev–Trinajstić information content (AvgIpc) is 3.08. The number of rotatable bonds is 9. The molecule has 2 aromatic carbocycles. The summed E-state index contributed by atoms with van der Waals surface area (Å²) < 4.78 is 14.2. The molecule has 0 bridgehead atoms. The molecule has 29 heavy (non-hydrogen) atoms. The number of nitrogens with zero attached hydrogens (tertiary/aromatic N) is 2. The molecule has 3 rings (SSSR count). The van der Waals surface area contributed by atoms with Gasteiger partial charge in [-0.25, -0.2) is 0 Å². The van der Waals surface area contributed by atoms with Gasteiger partial charge in [0.05, 0.1) is 23.9 Å². The molecule has 1 heterocycles. The van der Waals surface area contributed by atoms with Gasteiger partial charge in [0.1, 0.15) is 11.5 Å². The molecule has 3 aromatic rings. The third-order valence-corrected chi connectivity index (χ3v) is 5.69. The molecule has 1 amide bonds. The number of fused-ring (bicyclic) bond motifs is 1. The van der Waals surface area contributed by atoms with Crippen molar-refractivity contribution in [1.29, 1.82) is 0 Å². The van der Waals surface area contributed by atoms with Gasteiger partial charge in [-0.05, 0) is 55.3 Å². The second kappa shape index (κ2) is 10.3. The predicted molar refractivity (Wildman–Crippen MR) is 118 cm³/mol. The lowest BCUT2D eigenvalue weighted by Crippen LogP contribution is -2.16. The maximum absolute atomic E-state index is 12.7. The first kappa shape index (κ1) is 21.1. The van der Waals surface area contributed by atoms with Crippen molar-refractivity contribution in [3.8, 4) is 11.5 Å². The fourth-order valence-electron chi connectivity index (χ4n) is 3.09. The molecule has 0 spiro atoms. The van der Waals surface area contributed by atoms with E-state index in [1.54, 1.807) is 19.2 Å². The summed E-state index contributed by atoms with van der Waals surface area (Å²) in [5.41, 5.74) is 1.63. The Hall–Kier alpha value is -2.60. The van der Waals surface area contributed by atoms with E-state index >= 15 is 0 Å². The first-order valence-electron chi connectivity index (χ1n) is 10.2. The topological polar surface area (TPSA) is 52.8 Å². The van der Waals surface area contributed by atoms with Crippen LogP contribution in [-0.4, -0.2) is 24.2 Å². The molecule has 0 fully saturated rings. The number of unbranched alkanes of at least 4 members (excludes halogenated alkanes) is 2. The van der Waals surface area contributed by atoms with E-state index in [4.69, 9.17) is 9.47 Å². The second-order valence-corrected chi connectivity index (χ2v) is 7.88. The van der Waals surface area contributed by atoms with Crippen LogP contribution < -0.4 is 14.3 Å². The lowest BCUT2D eigenvalue weighted by Gasteiger charge is -2.06. The van der Waals surface area contributed by atoms with Crippen LogP contribution in [-0.2, 0) is 6.54 Å². The minimum Gasteiger partial charge on any atom is -0.497 e. The van der Waals surface area contributed by atoms with E-state index in [0.29, 0.717) is 17.0 Å². The molecule has 0 unspecified atom stereocenters. The SMILES string of the molecule is CCCCCOc1ccc(C(=O)N=c2sc3cc(OC)ccc3n2CCC)cc1. The molecule has 154 valence electrons. The number of benzene rings is 2.